The molecule has 1 unspecified atom stereocenters. The smallest absolute Gasteiger partial charge is 0.266 e. The zero-order valence-electron chi connectivity index (χ0n) is 13.5. The number of hydrogen-bond acceptors (Lipinski definition) is 6. The van der Waals surface area contributed by atoms with Crippen LogP contribution in [0.5, 0.6) is 0 Å². The second-order valence-electron chi connectivity index (χ2n) is 5.97. The topological polar surface area (TPSA) is 86.4 Å². The molecule has 2 heterocycles. The summed E-state index contributed by atoms with van der Waals surface area (Å²) >= 11 is 1.36. The SMILES string of the molecule is CCNc1nc(C)c(C(=O)N2CCNCC2C(=O)NC2CC2)s1. The van der Waals surface area contributed by atoms with Gasteiger partial charge in [-0.05, 0) is 26.7 Å². The van der Waals surface area contributed by atoms with E-state index in [9.17, 15) is 9.59 Å². The molecule has 3 rings (SSSR count). The fraction of sp³-hybridized carbons (Fsp3) is 0.667. The first kappa shape index (κ1) is 16.2. The molecule has 0 aromatic carbocycles. The van der Waals surface area contributed by atoms with Crippen molar-refractivity contribution < 1.29 is 9.59 Å². The van der Waals surface area contributed by atoms with E-state index in [1.807, 2.05) is 13.8 Å². The maximum Gasteiger partial charge on any atom is 0.266 e. The van der Waals surface area contributed by atoms with E-state index < -0.39 is 6.04 Å². The molecule has 1 aromatic heterocycles. The van der Waals surface area contributed by atoms with Gasteiger partial charge in [-0.1, -0.05) is 11.3 Å². The van der Waals surface area contributed by atoms with E-state index in [0.29, 0.717) is 30.6 Å². The third-order valence-corrected chi connectivity index (χ3v) is 5.15. The van der Waals surface area contributed by atoms with Gasteiger partial charge in [0.1, 0.15) is 10.9 Å². The van der Waals surface area contributed by atoms with E-state index in [0.717, 1.165) is 30.2 Å². The van der Waals surface area contributed by atoms with Crippen molar-refractivity contribution in [2.45, 2.75) is 38.8 Å². The van der Waals surface area contributed by atoms with Crippen molar-refractivity contribution in [3.05, 3.63) is 10.6 Å². The zero-order valence-corrected chi connectivity index (χ0v) is 14.3. The van der Waals surface area contributed by atoms with Gasteiger partial charge in [-0.25, -0.2) is 4.98 Å². The van der Waals surface area contributed by atoms with Crippen LogP contribution in [0.3, 0.4) is 0 Å². The summed E-state index contributed by atoms with van der Waals surface area (Å²) in [6.45, 7) is 6.34. The standard InChI is InChI=1S/C15H23N5O2S/c1-3-17-15-18-9(2)12(23-15)14(22)20-7-6-16-8-11(20)13(21)19-10-4-5-10/h10-11,16H,3-8H2,1-2H3,(H,17,18)(H,19,21). The van der Waals surface area contributed by atoms with Crippen LogP contribution in [0.2, 0.25) is 0 Å². The number of piperazine rings is 1. The van der Waals surface area contributed by atoms with Gasteiger partial charge in [-0.2, -0.15) is 0 Å². The Balaban J connectivity index is 1.76. The minimum atomic E-state index is -0.444. The summed E-state index contributed by atoms with van der Waals surface area (Å²) in [6, 6.07) is -0.146. The first-order valence-corrected chi connectivity index (χ1v) is 8.95. The maximum atomic E-state index is 12.9. The summed E-state index contributed by atoms with van der Waals surface area (Å²) < 4.78 is 0. The predicted molar refractivity (Wildman–Crippen MR) is 89.9 cm³/mol. The fourth-order valence-corrected chi connectivity index (χ4v) is 3.65. The molecule has 1 saturated carbocycles. The van der Waals surface area contributed by atoms with Crippen molar-refractivity contribution in [3.63, 3.8) is 0 Å². The summed E-state index contributed by atoms with van der Waals surface area (Å²) in [4.78, 5) is 32.0. The van der Waals surface area contributed by atoms with E-state index in [1.165, 1.54) is 11.3 Å². The molecule has 0 spiro atoms. The Morgan fingerprint density at radius 2 is 2.22 bits per heavy atom. The number of nitrogens with zero attached hydrogens (tertiary/aromatic N) is 2. The highest BCUT2D eigenvalue weighted by molar-refractivity contribution is 7.17. The summed E-state index contributed by atoms with van der Waals surface area (Å²) in [5, 5.41) is 10.1. The lowest BCUT2D eigenvalue weighted by molar-refractivity contribution is -0.126. The van der Waals surface area contributed by atoms with Gasteiger partial charge in [0, 0.05) is 32.2 Å². The van der Waals surface area contributed by atoms with Crippen LogP contribution in [-0.4, -0.2) is 60.0 Å². The number of aromatic nitrogens is 1. The summed E-state index contributed by atoms with van der Waals surface area (Å²) in [5.74, 6) is -0.149. The minimum absolute atomic E-state index is 0.0536. The Kier molecular flexibility index (Phi) is 4.82. The van der Waals surface area contributed by atoms with Crippen LogP contribution in [0.4, 0.5) is 5.13 Å². The highest BCUT2D eigenvalue weighted by Gasteiger charge is 2.36. The molecule has 2 aliphatic rings. The van der Waals surface area contributed by atoms with E-state index >= 15 is 0 Å². The molecule has 1 saturated heterocycles. The molecule has 1 aliphatic carbocycles. The van der Waals surface area contributed by atoms with Crippen molar-refractivity contribution in [3.8, 4) is 0 Å². The number of carbonyl (C=O) groups excluding carboxylic acids is 2. The number of carbonyl (C=O) groups is 2. The van der Waals surface area contributed by atoms with Gasteiger partial charge >= 0.3 is 0 Å². The Morgan fingerprint density at radius 3 is 2.91 bits per heavy atom. The summed E-state index contributed by atoms with van der Waals surface area (Å²) in [5.41, 5.74) is 0.718. The van der Waals surface area contributed by atoms with Gasteiger partial charge in [0.25, 0.3) is 5.91 Å². The number of thiazole rings is 1. The molecule has 8 heteroatoms. The molecular weight excluding hydrogens is 314 g/mol. The quantitative estimate of drug-likeness (QED) is 0.732. The molecular formula is C15H23N5O2S. The van der Waals surface area contributed by atoms with Crippen molar-refractivity contribution in [1.82, 2.24) is 20.5 Å². The van der Waals surface area contributed by atoms with Crippen LogP contribution < -0.4 is 16.0 Å². The third kappa shape index (κ3) is 3.64. The van der Waals surface area contributed by atoms with E-state index in [-0.39, 0.29) is 11.8 Å². The molecule has 126 valence electrons. The van der Waals surface area contributed by atoms with Gasteiger partial charge in [0.05, 0.1) is 5.69 Å². The zero-order chi connectivity index (χ0) is 16.4. The van der Waals surface area contributed by atoms with Gasteiger partial charge in [-0.15, -0.1) is 0 Å². The normalized spacial score (nSPS) is 21.1. The Labute approximate surface area is 139 Å². The fourth-order valence-electron chi connectivity index (χ4n) is 2.66. The molecule has 2 amide bonds. The van der Waals surface area contributed by atoms with Gasteiger partial charge in [0.15, 0.2) is 5.13 Å². The largest absolute Gasteiger partial charge is 0.362 e. The van der Waals surface area contributed by atoms with Gasteiger partial charge in [0.2, 0.25) is 5.91 Å². The molecule has 0 radical (unpaired) electrons. The van der Waals surface area contributed by atoms with Crippen LogP contribution >= 0.6 is 11.3 Å². The Bertz CT molecular complexity index is 599. The highest BCUT2D eigenvalue weighted by atomic mass is 32.1. The van der Waals surface area contributed by atoms with Crippen LogP contribution in [0.25, 0.3) is 0 Å². The van der Waals surface area contributed by atoms with Crippen LogP contribution in [-0.2, 0) is 4.79 Å². The van der Waals surface area contributed by atoms with Crippen LogP contribution in [0.15, 0.2) is 0 Å². The number of aryl methyl sites for hydroxylation is 1. The van der Waals surface area contributed by atoms with E-state index in [2.05, 4.69) is 20.9 Å². The van der Waals surface area contributed by atoms with E-state index in [4.69, 9.17) is 0 Å². The number of amides is 2. The monoisotopic (exact) mass is 337 g/mol. The molecule has 1 atom stereocenters. The molecule has 3 N–H and O–H groups in total. The summed E-state index contributed by atoms with van der Waals surface area (Å²) in [7, 11) is 0. The second kappa shape index (κ2) is 6.84. The predicted octanol–water partition coefficient (Wildman–Crippen LogP) is 0.576. The second-order valence-corrected chi connectivity index (χ2v) is 6.96. The van der Waals surface area contributed by atoms with Gasteiger partial charge in [-0.3, -0.25) is 9.59 Å². The van der Waals surface area contributed by atoms with E-state index in [1.54, 1.807) is 4.90 Å². The maximum absolute atomic E-state index is 12.9. The minimum Gasteiger partial charge on any atom is -0.362 e. The Hall–Kier alpha value is -1.67. The molecule has 2 fully saturated rings. The Morgan fingerprint density at radius 1 is 1.43 bits per heavy atom. The lowest BCUT2D eigenvalue weighted by atomic mass is 10.1. The average Bonchev–Trinajstić information content (AvgIpc) is 3.28. The molecule has 1 aliphatic heterocycles. The van der Waals surface area contributed by atoms with Crippen molar-refractivity contribution in [2.24, 2.45) is 0 Å². The molecule has 1 aromatic rings. The molecule has 0 bridgehead atoms. The molecule has 23 heavy (non-hydrogen) atoms. The highest BCUT2D eigenvalue weighted by Crippen LogP contribution is 2.25. The number of rotatable bonds is 5. The van der Waals surface area contributed by atoms with Crippen molar-refractivity contribution >= 4 is 28.3 Å². The van der Waals surface area contributed by atoms with Crippen LogP contribution in [0, 0.1) is 6.92 Å². The molecule has 7 nitrogen and oxygen atoms in total. The van der Waals surface area contributed by atoms with Crippen LogP contribution in [0.1, 0.15) is 35.1 Å². The van der Waals surface area contributed by atoms with Crippen molar-refractivity contribution in [2.75, 3.05) is 31.5 Å². The first-order chi connectivity index (χ1) is 11.1. The van der Waals surface area contributed by atoms with Crippen molar-refractivity contribution in [1.29, 1.82) is 0 Å². The summed E-state index contributed by atoms with van der Waals surface area (Å²) in [6.07, 6.45) is 2.08. The van der Waals surface area contributed by atoms with Gasteiger partial charge < -0.3 is 20.9 Å². The average molecular weight is 337 g/mol. The number of nitrogens with one attached hydrogen (secondary N) is 3. The third-order valence-electron chi connectivity index (χ3n) is 4.05. The number of anilines is 1. The number of hydrogen-bond donors (Lipinski definition) is 3. The first-order valence-electron chi connectivity index (χ1n) is 8.13. The lowest BCUT2D eigenvalue weighted by Crippen LogP contribution is -2.59. The lowest BCUT2D eigenvalue weighted by Gasteiger charge is -2.35.